The molecule has 2 rings (SSSR count). The van der Waals surface area contributed by atoms with Crippen LogP contribution in [0.3, 0.4) is 0 Å². The van der Waals surface area contributed by atoms with E-state index in [0.29, 0.717) is 5.92 Å². The van der Waals surface area contributed by atoms with Gasteiger partial charge >= 0.3 is 0 Å². The molecule has 0 saturated heterocycles. The van der Waals surface area contributed by atoms with Crippen LogP contribution in [0.15, 0.2) is 18.2 Å². The summed E-state index contributed by atoms with van der Waals surface area (Å²) >= 11 is 6.35. The van der Waals surface area contributed by atoms with E-state index in [2.05, 4.69) is 39.0 Å². The highest BCUT2D eigenvalue weighted by Gasteiger charge is 2.26. The van der Waals surface area contributed by atoms with Crippen LogP contribution in [-0.2, 0) is 6.42 Å². The van der Waals surface area contributed by atoms with E-state index in [4.69, 9.17) is 11.6 Å². The maximum atomic E-state index is 6.35. The standard InChI is InChI=1S/C14H19Cl/c1-9(2)6-11-4-5-12-10(3)7-14(15)13(12)8-11/h4-5,8-10,14H,6-7H2,1-3H3. The molecule has 0 N–H and O–H groups in total. The lowest BCUT2D eigenvalue weighted by atomic mass is 9.97. The molecule has 1 heteroatoms. The molecule has 0 amide bonds. The number of hydrogen-bond acceptors (Lipinski definition) is 0. The molecule has 0 aliphatic heterocycles. The normalized spacial score (nSPS) is 24.6. The van der Waals surface area contributed by atoms with Crippen LogP contribution in [0.1, 0.15) is 55.2 Å². The SMILES string of the molecule is CC(C)Cc1ccc2c(c1)C(Cl)CC2C. The van der Waals surface area contributed by atoms with Crippen molar-refractivity contribution in [2.75, 3.05) is 0 Å². The molecule has 0 nitrogen and oxygen atoms in total. The van der Waals surface area contributed by atoms with E-state index in [1.54, 1.807) is 0 Å². The summed E-state index contributed by atoms with van der Waals surface area (Å²) in [6, 6.07) is 6.86. The largest absolute Gasteiger partial charge is 0.118 e. The van der Waals surface area contributed by atoms with Gasteiger partial charge in [-0.05, 0) is 41.4 Å². The van der Waals surface area contributed by atoms with Crippen LogP contribution in [0.5, 0.6) is 0 Å². The van der Waals surface area contributed by atoms with Crippen molar-refractivity contribution in [3.8, 4) is 0 Å². The van der Waals surface area contributed by atoms with Crippen LogP contribution in [0.25, 0.3) is 0 Å². The molecule has 0 bridgehead atoms. The molecular weight excluding hydrogens is 204 g/mol. The Morgan fingerprint density at radius 1 is 1.33 bits per heavy atom. The molecule has 0 aromatic heterocycles. The molecule has 0 spiro atoms. The fourth-order valence-electron chi connectivity index (χ4n) is 2.51. The number of hydrogen-bond donors (Lipinski definition) is 0. The van der Waals surface area contributed by atoms with Crippen molar-refractivity contribution in [1.82, 2.24) is 0 Å². The summed E-state index contributed by atoms with van der Waals surface area (Å²) in [5.41, 5.74) is 4.27. The minimum atomic E-state index is 0.238. The average molecular weight is 223 g/mol. The van der Waals surface area contributed by atoms with Gasteiger partial charge < -0.3 is 0 Å². The summed E-state index contributed by atoms with van der Waals surface area (Å²) in [7, 11) is 0. The van der Waals surface area contributed by atoms with Gasteiger partial charge in [-0.15, -0.1) is 11.6 Å². The molecule has 0 saturated carbocycles. The third-order valence-electron chi connectivity index (χ3n) is 3.22. The van der Waals surface area contributed by atoms with E-state index < -0.39 is 0 Å². The molecule has 1 aromatic carbocycles. The molecular formula is C14H19Cl. The summed E-state index contributed by atoms with van der Waals surface area (Å²) in [4.78, 5) is 0. The first kappa shape index (κ1) is 11.0. The zero-order valence-electron chi connectivity index (χ0n) is 9.76. The van der Waals surface area contributed by atoms with Crippen LogP contribution in [0.2, 0.25) is 0 Å². The van der Waals surface area contributed by atoms with Crippen molar-refractivity contribution in [2.24, 2.45) is 5.92 Å². The molecule has 2 unspecified atom stereocenters. The summed E-state index contributed by atoms with van der Waals surface area (Å²) in [5, 5.41) is 0.238. The van der Waals surface area contributed by atoms with Gasteiger partial charge in [0.1, 0.15) is 0 Å². The number of halogens is 1. The molecule has 2 atom stereocenters. The lowest BCUT2D eigenvalue weighted by Crippen LogP contribution is -1.96. The predicted octanol–water partition coefficient (Wildman–Crippen LogP) is 4.67. The summed E-state index contributed by atoms with van der Waals surface area (Å²) < 4.78 is 0. The van der Waals surface area contributed by atoms with Crippen molar-refractivity contribution in [3.63, 3.8) is 0 Å². The van der Waals surface area contributed by atoms with E-state index >= 15 is 0 Å². The fraction of sp³-hybridized carbons (Fsp3) is 0.571. The van der Waals surface area contributed by atoms with Gasteiger partial charge in [-0.2, -0.15) is 0 Å². The van der Waals surface area contributed by atoms with Crippen molar-refractivity contribution in [3.05, 3.63) is 34.9 Å². The first-order valence-corrected chi connectivity index (χ1v) is 6.28. The van der Waals surface area contributed by atoms with Crippen molar-refractivity contribution < 1.29 is 0 Å². The molecule has 1 aliphatic rings. The summed E-state index contributed by atoms with van der Waals surface area (Å²) in [6.07, 6.45) is 2.26. The number of fused-ring (bicyclic) bond motifs is 1. The van der Waals surface area contributed by atoms with Gasteiger partial charge in [-0.3, -0.25) is 0 Å². The highest BCUT2D eigenvalue weighted by Crippen LogP contribution is 2.44. The number of benzene rings is 1. The van der Waals surface area contributed by atoms with Crippen molar-refractivity contribution in [2.45, 2.75) is 44.9 Å². The highest BCUT2D eigenvalue weighted by atomic mass is 35.5. The van der Waals surface area contributed by atoms with Gasteiger partial charge in [0.15, 0.2) is 0 Å². The fourth-order valence-corrected chi connectivity index (χ4v) is 2.96. The Labute approximate surface area is 97.6 Å². The van der Waals surface area contributed by atoms with E-state index in [9.17, 15) is 0 Å². The third kappa shape index (κ3) is 2.20. The second-order valence-electron chi connectivity index (χ2n) is 5.17. The van der Waals surface area contributed by atoms with Gasteiger partial charge in [0.2, 0.25) is 0 Å². The predicted molar refractivity (Wildman–Crippen MR) is 66.6 cm³/mol. The van der Waals surface area contributed by atoms with Crippen LogP contribution in [0.4, 0.5) is 0 Å². The van der Waals surface area contributed by atoms with E-state index in [-0.39, 0.29) is 5.38 Å². The van der Waals surface area contributed by atoms with E-state index in [1.165, 1.54) is 16.7 Å². The summed E-state index contributed by atoms with van der Waals surface area (Å²) in [5.74, 6) is 1.35. The number of alkyl halides is 1. The Bertz CT molecular complexity index is 354. The minimum absolute atomic E-state index is 0.238. The highest BCUT2D eigenvalue weighted by molar-refractivity contribution is 6.21. The Hall–Kier alpha value is -0.490. The van der Waals surface area contributed by atoms with Crippen LogP contribution >= 0.6 is 11.6 Å². The van der Waals surface area contributed by atoms with Gasteiger partial charge in [0.25, 0.3) is 0 Å². The first-order valence-electron chi connectivity index (χ1n) is 5.84. The third-order valence-corrected chi connectivity index (χ3v) is 3.64. The minimum Gasteiger partial charge on any atom is -0.118 e. The average Bonchev–Trinajstić information content (AvgIpc) is 2.41. The smallest absolute Gasteiger partial charge is 0.0593 e. The van der Waals surface area contributed by atoms with Crippen molar-refractivity contribution >= 4 is 11.6 Å². The van der Waals surface area contributed by atoms with Gasteiger partial charge in [-0.25, -0.2) is 0 Å². The van der Waals surface area contributed by atoms with Gasteiger partial charge in [-0.1, -0.05) is 39.0 Å². The van der Waals surface area contributed by atoms with Crippen LogP contribution in [0, 0.1) is 5.92 Å². The topological polar surface area (TPSA) is 0 Å². The van der Waals surface area contributed by atoms with Gasteiger partial charge in [0.05, 0.1) is 5.38 Å². The molecule has 0 fully saturated rings. The first-order chi connectivity index (χ1) is 7.08. The maximum Gasteiger partial charge on any atom is 0.0593 e. The number of rotatable bonds is 2. The quantitative estimate of drug-likeness (QED) is 0.638. The Morgan fingerprint density at radius 2 is 2.07 bits per heavy atom. The Kier molecular flexibility index (Phi) is 3.06. The lowest BCUT2D eigenvalue weighted by Gasteiger charge is -2.09. The monoisotopic (exact) mass is 222 g/mol. The van der Waals surface area contributed by atoms with E-state index in [1.807, 2.05) is 0 Å². The molecule has 15 heavy (non-hydrogen) atoms. The van der Waals surface area contributed by atoms with Crippen LogP contribution < -0.4 is 0 Å². The zero-order chi connectivity index (χ0) is 11.0. The lowest BCUT2D eigenvalue weighted by molar-refractivity contribution is 0.647. The Balaban J connectivity index is 2.30. The van der Waals surface area contributed by atoms with Crippen LogP contribution in [-0.4, -0.2) is 0 Å². The summed E-state index contributed by atoms with van der Waals surface area (Å²) in [6.45, 7) is 6.78. The molecule has 0 heterocycles. The zero-order valence-corrected chi connectivity index (χ0v) is 10.5. The molecule has 1 aliphatic carbocycles. The maximum absolute atomic E-state index is 6.35. The Morgan fingerprint density at radius 3 is 2.73 bits per heavy atom. The second-order valence-corrected chi connectivity index (χ2v) is 5.69. The molecule has 1 aromatic rings. The molecule has 82 valence electrons. The molecule has 0 radical (unpaired) electrons. The van der Waals surface area contributed by atoms with Gasteiger partial charge in [0, 0.05) is 0 Å². The van der Waals surface area contributed by atoms with E-state index in [0.717, 1.165) is 18.8 Å². The second kappa shape index (κ2) is 4.17. The van der Waals surface area contributed by atoms with Crippen molar-refractivity contribution in [1.29, 1.82) is 0 Å².